The summed E-state index contributed by atoms with van der Waals surface area (Å²) >= 11 is 0. The molecule has 1 saturated heterocycles. The lowest BCUT2D eigenvalue weighted by Gasteiger charge is -2.33. The Kier molecular flexibility index (Phi) is 6.64. The van der Waals surface area contributed by atoms with E-state index in [4.69, 9.17) is 0 Å². The number of likely N-dealkylation sites (tertiary alicyclic amines) is 1. The van der Waals surface area contributed by atoms with Gasteiger partial charge in [-0.05, 0) is 63.4 Å². The molecule has 0 saturated carbocycles. The Morgan fingerprint density at radius 1 is 1.20 bits per heavy atom. The Morgan fingerprint density at radius 2 is 1.96 bits per heavy atom. The standard InChI is InChI=1S/C20H28N2O2.ClH/c1-3-21(2)13-6-7-14-22-18(23)15-20(19(22)24)12-8-10-16-9-4-5-11-17(16)20;/h4-5,9,11H,3,6-8,10,12-15H2,1-2H3;1H. The number of carbonyl (C=O) groups excluding carboxylic acids is 2. The van der Waals surface area contributed by atoms with Gasteiger partial charge in [-0.25, -0.2) is 0 Å². The molecular formula is C20H29ClN2O2. The Bertz CT molecular complexity index is 634. The summed E-state index contributed by atoms with van der Waals surface area (Å²) < 4.78 is 0. The van der Waals surface area contributed by atoms with Gasteiger partial charge in [0.05, 0.1) is 5.41 Å². The van der Waals surface area contributed by atoms with Crippen molar-refractivity contribution in [2.75, 3.05) is 26.7 Å². The highest BCUT2D eigenvalue weighted by Gasteiger charge is 2.53. The molecule has 25 heavy (non-hydrogen) atoms. The van der Waals surface area contributed by atoms with E-state index in [2.05, 4.69) is 31.0 Å². The number of unbranched alkanes of at least 4 members (excludes halogenated alkanes) is 1. The average molecular weight is 365 g/mol. The number of aryl methyl sites for hydroxylation is 1. The summed E-state index contributed by atoms with van der Waals surface area (Å²) in [6.45, 7) is 4.75. The van der Waals surface area contributed by atoms with Gasteiger partial charge in [0, 0.05) is 13.0 Å². The maximum Gasteiger partial charge on any atom is 0.240 e. The van der Waals surface area contributed by atoms with Crippen LogP contribution in [0.5, 0.6) is 0 Å². The van der Waals surface area contributed by atoms with Gasteiger partial charge in [-0.1, -0.05) is 31.2 Å². The largest absolute Gasteiger partial charge is 0.307 e. The van der Waals surface area contributed by atoms with Gasteiger partial charge in [0.25, 0.3) is 0 Å². The SMILES string of the molecule is CCN(C)CCCCN1C(=O)CC2(CCCc3ccccc32)C1=O.Cl. The Balaban J connectivity index is 0.00000225. The van der Waals surface area contributed by atoms with Gasteiger partial charge in [0.15, 0.2) is 0 Å². The average Bonchev–Trinajstić information content (AvgIpc) is 2.83. The van der Waals surface area contributed by atoms with E-state index in [1.165, 1.54) is 10.5 Å². The number of hydrogen-bond donors (Lipinski definition) is 0. The molecule has 0 N–H and O–H groups in total. The smallest absolute Gasteiger partial charge is 0.240 e. The molecule has 138 valence electrons. The molecule has 1 spiro atoms. The van der Waals surface area contributed by atoms with Gasteiger partial charge in [0.2, 0.25) is 11.8 Å². The van der Waals surface area contributed by atoms with Crippen molar-refractivity contribution in [2.24, 2.45) is 0 Å². The first-order chi connectivity index (χ1) is 11.6. The van der Waals surface area contributed by atoms with Crippen LogP contribution in [0.1, 0.15) is 50.2 Å². The maximum absolute atomic E-state index is 13.1. The molecule has 0 radical (unpaired) electrons. The van der Waals surface area contributed by atoms with Crippen molar-refractivity contribution < 1.29 is 9.59 Å². The second-order valence-corrected chi connectivity index (χ2v) is 7.22. The number of halogens is 1. The minimum Gasteiger partial charge on any atom is -0.307 e. The van der Waals surface area contributed by atoms with Gasteiger partial charge in [-0.3, -0.25) is 14.5 Å². The zero-order valence-electron chi connectivity index (χ0n) is 15.3. The molecule has 2 amide bonds. The van der Waals surface area contributed by atoms with Crippen LogP contribution >= 0.6 is 12.4 Å². The van der Waals surface area contributed by atoms with Gasteiger partial charge < -0.3 is 4.90 Å². The number of carbonyl (C=O) groups is 2. The fraction of sp³-hybridized carbons (Fsp3) is 0.600. The predicted molar refractivity (Wildman–Crippen MR) is 102 cm³/mol. The molecule has 1 aliphatic heterocycles. The molecule has 4 nitrogen and oxygen atoms in total. The molecule has 1 unspecified atom stereocenters. The van der Waals surface area contributed by atoms with Crippen molar-refractivity contribution in [3.63, 3.8) is 0 Å². The lowest BCUT2D eigenvalue weighted by atomic mass is 9.69. The third-order valence-corrected chi connectivity index (χ3v) is 5.70. The molecule has 2 aliphatic rings. The number of imide groups is 1. The van der Waals surface area contributed by atoms with Crippen LogP contribution in [-0.4, -0.2) is 48.3 Å². The molecule has 0 aromatic heterocycles. The zero-order chi connectivity index (χ0) is 17.2. The zero-order valence-corrected chi connectivity index (χ0v) is 16.1. The summed E-state index contributed by atoms with van der Waals surface area (Å²) in [4.78, 5) is 29.5. The van der Waals surface area contributed by atoms with E-state index in [9.17, 15) is 9.59 Å². The summed E-state index contributed by atoms with van der Waals surface area (Å²) in [7, 11) is 2.10. The van der Waals surface area contributed by atoms with Crippen LogP contribution in [0.25, 0.3) is 0 Å². The van der Waals surface area contributed by atoms with Gasteiger partial charge in [0.1, 0.15) is 0 Å². The summed E-state index contributed by atoms with van der Waals surface area (Å²) in [5.74, 6) is 0.0593. The monoisotopic (exact) mass is 364 g/mol. The maximum atomic E-state index is 13.1. The van der Waals surface area contributed by atoms with E-state index in [1.807, 2.05) is 12.1 Å². The molecule has 3 rings (SSSR count). The molecule has 1 atom stereocenters. The number of amides is 2. The molecule has 5 heteroatoms. The van der Waals surface area contributed by atoms with Crippen LogP contribution in [0.2, 0.25) is 0 Å². The highest BCUT2D eigenvalue weighted by molar-refractivity contribution is 6.09. The summed E-state index contributed by atoms with van der Waals surface area (Å²) in [6, 6.07) is 8.19. The third kappa shape index (κ3) is 3.75. The second-order valence-electron chi connectivity index (χ2n) is 7.22. The Morgan fingerprint density at radius 3 is 2.72 bits per heavy atom. The minimum atomic E-state index is -0.577. The molecule has 1 fully saturated rings. The van der Waals surface area contributed by atoms with E-state index in [1.54, 1.807) is 0 Å². The molecule has 1 aromatic rings. The van der Waals surface area contributed by atoms with Gasteiger partial charge in [-0.2, -0.15) is 0 Å². The Labute approximate surface area is 157 Å². The fourth-order valence-corrected chi connectivity index (χ4v) is 4.16. The number of hydrogen-bond acceptors (Lipinski definition) is 3. The first-order valence-electron chi connectivity index (χ1n) is 9.20. The van der Waals surface area contributed by atoms with E-state index in [0.29, 0.717) is 13.0 Å². The van der Waals surface area contributed by atoms with Crippen molar-refractivity contribution in [1.82, 2.24) is 9.80 Å². The van der Waals surface area contributed by atoms with Crippen molar-refractivity contribution >= 4 is 24.2 Å². The van der Waals surface area contributed by atoms with Crippen LogP contribution < -0.4 is 0 Å². The molecule has 1 heterocycles. The second kappa shape index (κ2) is 8.33. The third-order valence-electron chi connectivity index (χ3n) is 5.70. The van der Waals surface area contributed by atoms with Crippen LogP contribution in [0.15, 0.2) is 24.3 Å². The lowest BCUT2D eigenvalue weighted by molar-refractivity contribution is -0.140. The quantitative estimate of drug-likeness (QED) is 0.575. The molecule has 1 aliphatic carbocycles. The normalized spacial score (nSPS) is 22.4. The molecule has 1 aromatic carbocycles. The first-order valence-corrected chi connectivity index (χ1v) is 9.20. The van der Waals surface area contributed by atoms with E-state index in [-0.39, 0.29) is 24.2 Å². The highest BCUT2D eigenvalue weighted by Crippen LogP contribution is 2.45. The van der Waals surface area contributed by atoms with Gasteiger partial charge in [-0.15, -0.1) is 12.4 Å². The van der Waals surface area contributed by atoms with E-state index >= 15 is 0 Å². The highest BCUT2D eigenvalue weighted by atomic mass is 35.5. The lowest BCUT2D eigenvalue weighted by Crippen LogP contribution is -2.41. The number of rotatable bonds is 6. The number of fused-ring (bicyclic) bond motifs is 2. The molecule has 0 bridgehead atoms. The van der Waals surface area contributed by atoms with Crippen molar-refractivity contribution in [2.45, 2.75) is 50.9 Å². The fourth-order valence-electron chi connectivity index (χ4n) is 4.16. The van der Waals surface area contributed by atoms with Crippen molar-refractivity contribution in [1.29, 1.82) is 0 Å². The van der Waals surface area contributed by atoms with Crippen LogP contribution in [0.3, 0.4) is 0 Å². The summed E-state index contributed by atoms with van der Waals surface area (Å²) in [5.41, 5.74) is 1.77. The van der Waals surface area contributed by atoms with Gasteiger partial charge >= 0.3 is 0 Å². The van der Waals surface area contributed by atoms with E-state index < -0.39 is 5.41 Å². The summed E-state index contributed by atoms with van der Waals surface area (Å²) in [5, 5.41) is 0. The first kappa shape index (κ1) is 19.9. The minimum absolute atomic E-state index is 0. The van der Waals surface area contributed by atoms with E-state index in [0.717, 1.165) is 50.8 Å². The predicted octanol–water partition coefficient (Wildman–Crippen LogP) is 3.17. The number of nitrogens with zero attached hydrogens (tertiary/aromatic N) is 2. The topological polar surface area (TPSA) is 40.6 Å². The Hall–Kier alpha value is -1.39. The van der Waals surface area contributed by atoms with Crippen LogP contribution in [-0.2, 0) is 21.4 Å². The van der Waals surface area contributed by atoms with Crippen LogP contribution in [0.4, 0.5) is 0 Å². The van der Waals surface area contributed by atoms with Crippen LogP contribution in [0, 0.1) is 0 Å². The number of benzene rings is 1. The van der Waals surface area contributed by atoms with Crippen molar-refractivity contribution in [3.05, 3.63) is 35.4 Å². The summed E-state index contributed by atoms with van der Waals surface area (Å²) in [6.07, 6.45) is 5.08. The molecular weight excluding hydrogens is 336 g/mol. The van der Waals surface area contributed by atoms with Crippen molar-refractivity contribution in [3.8, 4) is 0 Å².